The van der Waals surface area contributed by atoms with Crippen LogP contribution in [0.5, 0.6) is 0 Å². The molecule has 5 rings (SSSR count). The molecule has 1 aromatic carbocycles. The van der Waals surface area contributed by atoms with Crippen LogP contribution in [0.15, 0.2) is 36.5 Å². The molecule has 2 aliphatic heterocycles. The van der Waals surface area contributed by atoms with Crippen molar-refractivity contribution in [1.29, 1.82) is 0 Å². The van der Waals surface area contributed by atoms with Gasteiger partial charge in [0, 0.05) is 30.9 Å². The second-order valence-electron chi connectivity index (χ2n) is 10.9. The molecule has 3 aromatic rings. The molecule has 0 saturated carbocycles. The number of anilines is 1. The molecule has 0 radical (unpaired) electrons. The van der Waals surface area contributed by atoms with E-state index >= 15 is 0 Å². The van der Waals surface area contributed by atoms with Gasteiger partial charge in [0.05, 0.1) is 35.7 Å². The summed E-state index contributed by atoms with van der Waals surface area (Å²) in [6.07, 6.45) is 2.89. The van der Waals surface area contributed by atoms with E-state index in [-0.39, 0.29) is 24.9 Å². The molecule has 0 bridgehead atoms. The van der Waals surface area contributed by atoms with Crippen molar-refractivity contribution < 1.29 is 18.7 Å². The Bertz CT molecular complexity index is 1280. The number of carbonyl (C=O) groups excluding carboxylic acids is 1. The SMILES string of the molecule is CN(C)CCNC(=O)C1(C)COC(c2nc(-c3ccc(F)cc3)c(-c3ccnc(NC4CCNCC4)n3)[nH]2)OC1. The molecule has 0 atom stereocenters. The normalized spacial score (nSPS) is 21.9. The van der Waals surface area contributed by atoms with Crippen molar-refractivity contribution in [3.63, 3.8) is 0 Å². The van der Waals surface area contributed by atoms with Gasteiger partial charge in [-0.15, -0.1) is 0 Å². The predicted octanol–water partition coefficient (Wildman–Crippen LogP) is 2.57. The highest BCUT2D eigenvalue weighted by Gasteiger charge is 2.40. The van der Waals surface area contributed by atoms with Gasteiger partial charge in [-0.05, 0) is 77.3 Å². The van der Waals surface area contributed by atoms with Gasteiger partial charge >= 0.3 is 0 Å². The fraction of sp³-hybridized carbons (Fsp3) is 0.500. The van der Waals surface area contributed by atoms with Gasteiger partial charge in [0.2, 0.25) is 18.1 Å². The fourth-order valence-electron chi connectivity index (χ4n) is 4.73. The van der Waals surface area contributed by atoms with E-state index in [2.05, 4.69) is 25.9 Å². The molecule has 2 saturated heterocycles. The zero-order valence-corrected chi connectivity index (χ0v) is 23.2. The number of hydrogen-bond acceptors (Lipinski definition) is 9. The van der Waals surface area contributed by atoms with Crippen LogP contribution in [0.3, 0.4) is 0 Å². The molecule has 2 aromatic heterocycles. The van der Waals surface area contributed by atoms with Crippen LogP contribution in [-0.4, -0.2) is 90.3 Å². The number of imidazole rings is 1. The Morgan fingerprint density at radius 2 is 1.85 bits per heavy atom. The third-order valence-electron chi connectivity index (χ3n) is 7.15. The van der Waals surface area contributed by atoms with E-state index in [1.54, 1.807) is 24.4 Å². The Labute approximate surface area is 233 Å². The number of hydrogen-bond donors (Lipinski definition) is 4. The number of aromatic nitrogens is 4. The van der Waals surface area contributed by atoms with Crippen LogP contribution in [0.25, 0.3) is 22.6 Å². The lowest BCUT2D eigenvalue weighted by Gasteiger charge is -2.35. The van der Waals surface area contributed by atoms with Crippen LogP contribution in [-0.2, 0) is 14.3 Å². The second kappa shape index (κ2) is 12.4. The average Bonchev–Trinajstić information content (AvgIpc) is 3.40. The molecule has 2 aliphatic rings. The maximum Gasteiger partial charge on any atom is 0.230 e. The number of carbonyl (C=O) groups is 1. The number of nitrogens with zero attached hydrogens (tertiary/aromatic N) is 4. The van der Waals surface area contributed by atoms with Gasteiger partial charge in [-0.1, -0.05) is 0 Å². The molecule has 11 nitrogen and oxygen atoms in total. The summed E-state index contributed by atoms with van der Waals surface area (Å²) in [6.45, 7) is 5.36. The standard InChI is InChI=1S/C28H37FN8O3/c1-28(26(38)31-14-15-37(2)3)16-39-25(40-17-28)24-35-22(18-4-6-19(29)7-5-18)23(36-24)21-10-13-32-27(34-21)33-20-8-11-30-12-9-20/h4-7,10,13,20,25,30H,8-9,11-12,14-17H2,1-3H3,(H,31,38)(H,35,36)(H,32,33,34). The summed E-state index contributed by atoms with van der Waals surface area (Å²) in [5.74, 6) is 0.524. The Balaban J connectivity index is 1.37. The molecule has 0 aliphatic carbocycles. The highest BCUT2D eigenvalue weighted by Crippen LogP contribution is 2.35. The molecule has 4 heterocycles. The lowest BCUT2D eigenvalue weighted by atomic mass is 9.91. The molecule has 0 spiro atoms. The third-order valence-corrected chi connectivity index (χ3v) is 7.15. The fourth-order valence-corrected chi connectivity index (χ4v) is 4.73. The first-order chi connectivity index (χ1) is 19.3. The van der Waals surface area contributed by atoms with E-state index in [9.17, 15) is 9.18 Å². The predicted molar refractivity (Wildman–Crippen MR) is 149 cm³/mol. The molecular formula is C28H37FN8O3. The number of ether oxygens (including phenoxy) is 2. The summed E-state index contributed by atoms with van der Waals surface area (Å²) in [7, 11) is 3.91. The lowest BCUT2D eigenvalue weighted by Crippen LogP contribution is -2.49. The minimum Gasteiger partial charge on any atom is -0.354 e. The van der Waals surface area contributed by atoms with Gasteiger partial charge in [-0.3, -0.25) is 4.79 Å². The van der Waals surface area contributed by atoms with Crippen LogP contribution in [0.1, 0.15) is 31.9 Å². The Hall–Kier alpha value is -3.45. The van der Waals surface area contributed by atoms with Crippen molar-refractivity contribution in [2.75, 3.05) is 58.8 Å². The smallest absolute Gasteiger partial charge is 0.230 e. The molecule has 1 amide bonds. The lowest BCUT2D eigenvalue weighted by molar-refractivity contribution is -0.231. The molecule has 12 heteroatoms. The first-order valence-electron chi connectivity index (χ1n) is 13.6. The van der Waals surface area contributed by atoms with Gasteiger partial charge in [0.25, 0.3) is 0 Å². The molecule has 0 unspecified atom stereocenters. The van der Waals surface area contributed by atoms with E-state index in [1.807, 2.05) is 25.9 Å². The van der Waals surface area contributed by atoms with Crippen LogP contribution < -0.4 is 16.0 Å². The van der Waals surface area contributed by atoms with Gasteiger partial charge in [0.15, 0.2) is 5.82 Å². The van der Waals surface area contributed by atoms with Crippen molar-refractivity contribution in [1.82, 2.24) is 35.5 Å². The Morgan fingerprint density at radius 3 is 2.55 bits per heavy atom. The van der Waals surface area contributed by atoms with E-state index in [0.29, 0.717) is 47.0 Å². The number of likely N-dealkylation sites (N-methyl/N-ethyl adjacent to an activating group) is 1. The highest BCUT2D eigenvalue weighted by atomic mass is 19.1. The molecule has 4 N–H and O–H groups in total. The van der Waals surface area contributed by atoms with E-state index in [0.717, 1.165) is 32.5 Å². The van der Waals surface area contributed by atoms with Crippen LogP contribution in [0, 0.1) is 11.2 Å². The summed E-state index contributed by atoms with van der Waals surface area (Å²) in [6, 6.07) is 8.23. The zero-order valence-electron chi connectivity index (χ0n) is 23.2. The van der Waals surface area contributed by atoms with Gasteiger partial charge in [-0.25, -0.2) is 19.3 Å². The van der Waals surface area contributed by atoms with Crippen molar-refractivity contribution in [2.45, 2.75) is 32.1 Å². The quantitative estimate of drug-likeness (QED) is 0.317. The number of nitrogens with one attached hydrogen (secondary N) is 4. The van der Waals surface area contributed by atoms with E-state index < -0.39 is 11.7 Å². The summed E-state index contributed by atoms with van der Waals surface area (Å²) in [5.41, 5.74) is 1.75. The first-order valence-corrected chi connectivity index (χ1v) is 13.6. The number of piperidine rings is 1. The monoisotopic (exact) mass is 552 g/mol. The number of halogens is 1. The summed E-state index contributed by atoms with van der Waals surface area (Å²) in [4.78, 5) is 32.1. The van der Waals surface area contributed by atoms with Crippen LogP contribution in [0.2, 0.25) is 0 Å². The molecular weight excluding hydrogens is 515 g/mol. The summed E-state index contributed by atoms with van der Waals surface area (Å²) >= 11 is 0. The molecule has 214 valence electrons. The van der Waals surface area contributed by atoms with Gasteiger partial charge < -0.3 is 35.3 Å². The van der Waals surface area contributed by atoms with Gasteiger partial charge in [-0.2, -0.15) is 0 Å². The van der Waals surface area contributed by atoms with Crippen LogP contribution >= 0.6 is 0 Å². The Morgan fingerprint density at radius 1 is 1.12 bits per heavy atom. The topological polar surface area (TPSA) is 129 Å². The van der Waals surface area contributed by atoms with Crippen molar-refractivity contribution in [3.05, 3.63) is 48.2 Å². The number of H-pyrrole nitrogens is 1. The highest BCUT2D eigenvalue weighted by molar-refractivity contribution is 5.82. The van der Waals surface area contributed by atoms with Crippen molar-refractivity contribution in [3.8, 4) is 22.6 Å². The Kier molecular flexibility index (Phi) is 8.69. The minimum absolute atomic E-state index is 0.116. The van der Waals surface area contributed by atoms with Crippen molar-refractivity contribution >= 4 is 11.9 Å². The number of rotatable bonds is 9. The van der Waals surface area contributed by atoms with E-state index in [1.165, 1.54) is 12.1 Å². The zero-order chi connectivity index (χ0) is 28.1. The maximum absolute atomic E-state index is 13.7. The number of amides is 1. The number of aromatic amines is 1. The van der Waals surface area contributed by atoms with Crippen LogP contribution in [0.4, 0.5) is 10.3 Å². The third kappa shape index (κ3) is 6.64. The number of benzene rings is 1. The molecule has 2 fully saturated rings. The largest absolute Gasteiger partial charge is 0.354 e. The minimum atomic E-state index is -0.820. The second-order valence-corrected chi connectivity index (χ2v) is 10.9. The van der Waals surface area contributed by atoms with Crippen molar-refractivity contribution in [2.24, 2.45) is 5.41 Å². The van der Waals surface area contributed by atoms with E-state index in [4.69, 9.17) is 19.4 Å². The maximum atomic E-state index is 13.7. The summed E-state index contributed by atoms with van der Waals surface area (Å²) < 4.78 is 25.7. The molecule has 40 heavy (non-hydrogen) atoms. The average molecular weight is 553 g/mol. The van der Waals surface area contributed by atoms with Gasteiger partial charge in [0.1, 0.15) is 5.82 Å². The first kappa shape index (κ1) is 28.1. The summed E-state index contributed by atoms with van der Waals surface area (Å²) in [5, 5.41) is 9.74.